The maximum absolute atomic E-state index is 15.1. The lowest BCUT2D eigenvalue weighted by molar-refractivity contribution is 0.0688. The number of rotatable bonds is 8. The van der Waals surface area contributed by atoms with Gasteiger partial charge < -0.3 is 15.2 Å². The van der Waals surface area contributed by atoms with E-state index in [9.17, 15) is 9.90 Å². The lowest BCUT2D eigenvalue weighted by atomic mass is 9.90. The monoisotopic (exact) mass is 541 g/mol. The van der Waals surface area contributed by atoms with Gasteiger partial charge in [0, 0.05) is 10.6 Å². The number of nitrogens with zero attached hydrogens (tertiary/aromatic N) is 2. The van der Waals surface area contributed by atoms with E-state index in [1.807, 2.05) is 32.9 Å². The molecule has 0 aliphatic carbocycles. The van der Waals surface area contributed by atoms with Crippen LogP contribution in [-0.2, 0) is 0 Å². The fraction of sp³-hybridized carbons (Fsp3) is 0.214. The lowest BCUT2D eigenvalue weighted by Gasteiger charge is -2.25. The molecule has 1 unspecified atom stereocenters. The van der Waals surface area contributed by atoms with E-state index in [-0.39, 0.29) is 22.3 Å². The second-order valence-electron chi connectivity index (χ2n) is 8.87. The SMILES string of the molecule is COc1ccccc1-n1nc(C(=O)O)c(C(Nc2cccc(Cl)c2F)c2ccc(Cl)cc2C)c1C(C)C. The first-order chi connectivity index (χ1) is 17.6. The van der Waals surface area contributed by atoms with Crippen LogP contribution in [0.2, 0.25) is 10.0 Å². The molecule has 0 saturated heterocycles. The van der Waals surface area contributed by atoms with E-state index in [1.54, 1.807) is 54.3 Å². The molecule has 0 amide bonds. The van der Waals surface area contributed by atoms with Gasteiger partial charge in [-0.2, -0.15) is 5.10 Å². The highest BCUT2D eigenvalue weighted by molar-refractivity contribution is 6.31. The molecule has 0 fully saturated rings. The minimum atomic E-state index is -1.21. The number of carboxylic acids is 1. The fourth-order valence-corrected chi connectivity index (χ4v) is 4.87. The summed E-state index contributed by atoms with van der Waals surface area (Å²) in [5.74, 6) is -1.48. The van der Waals surface area contributed by atoms with Crippen molar-refractivity contribution in [3.63, 3.8) is 0 Å². The quantitative estimate of drug-likeness (QED) is 0.239. The van der Waals surface area contributed by atoms with Crippen LogP contribution in [0.25, 0.3) is 5.69 Å². The van der Waals surface area contributed by atoms with E-state index in [0.717, 1.165) is 5.56 Å². The Hall–Kier alpha value is -3.55. The number of hydrogen-bond acceptors (Lipinski definition) is 4. The summed E-state index contributed by atoms with van der Waals surface area (Å²) in [4.78, 5) is 12.6. The zero-order valence-electron chi connectivity index (χ0n) is 20.7. The Morgan fingerprint density at radius 2 is 1.84 bits per heavy atom. The van der Waals surface area contributed by atoms with Crippen LogP contribution in [-0.4, -0.2) is 28.0 Å². The first-order valence-electron chi connectivity index (χ1n) is 11.6. The third-order valence-corrected chi connectivity index (χ3v) is 6.63. The number of carbonyl (C=O) groups is 1. The smallest absolute Gasteiger partial charge is 0.356 e. The second-order valence-corrected chi connectivity index (χ2v) is 9.71. The lowest BCUT2D eigenvalue weighted by Crippen LogP contribution is -2.19. The third kappa shape index (κ3) is 5.15. The average molecular weight is 542 g/mol. The van der Waals surface area contributed by atoms with Crippen LogP contribution in [0.15, 0.2) is 60.7 Å². The number of halogens is 3. The van der Waals surface area contributed by atoms with Crippen LogP contribution in [0, 0.1) is 12.7 Å². The van der Waals surface area contributed by atoms with E-state index in [2.05, 4.69) is 10.4 Å². The van der Waals surface area contributed by atoms with Gasteiger partial charge in [0.15, 0.2) is 11.5 Å². The average Bonchev–Trinajstić information content (AvgIpc) is 3.26. The zero-order valence-corrected chi connectivity index (χ0v) is 22.2. The summed E-state index contributed by atoms with van der Waals surface area (Å²) in [6.45, 7) is 5.76. The summed E-state index contributed by atoms with van der Waals surface area (Å²) >= 11 is 12.3. The maximum atomic E-state index is 15.1. The Labute approximate surface area is 224 Å². The fourth-order valence-electron chi connectivity index (χ4n) is 4.47. The van der Waals surface area contributed by atoms with Crippen molar-refractivity contribution in [2.24, 2.45) is 0 Å². The Morgan fingerprint density at radius 1 is 1.11 bits per heavy atom. The Balaban J connectivity index is 2.06. The van der Waals surface area contributed by atoms with Crippen molar-refractivity contribution in [3.8, 4) is 11.4 Å². The highest BCUT2D eigenvalue weighted by atomic mass is 35.5. The summed E-state index contributed by atoms with van der Waals surface area (Å²) in [5.41, 5.74) is 3.10. The molecule has 0 spiro atoms. The van der Waals surface area contributed by atoms with E-state index in [0.29, 0.717) is 33.3 Å². The third-order valence-electron chi connectivity index (χ3n) is 6.11. The number of carboxylic acid groups (broad SMARTS) is 1. The normalized spacial score (nSPS) is 12.0. The van der Waals surface area contributed by atoms with E-state index in [1.165, 1.54) is 6.07 Å². The largest absolute Gasteiger partial charge is 0.494 e. The van der Waals surface area contributed by atoms with Gasteiger partial charge in [-0.15, -0.1) is 0 Å². The van der Waals surface area contributed by atoms with E-state index in [4.69, 9.17) is 27.9 Å². The molecule has 37 heavy (non-hydrogen) atoms. The first kappa shape index (κ1) is 26.5. The van der Waals surface area contributed by atoms with Gasteiger partial charge in [0.1, 0.15) is 11.4 Å². The predicted octanol–water partition coefficient (Wildman–Crippen LogP) is 7.66. The van der Waals surface area contributed by atoms with Crippen LogP contribution in [0.1, 0.15) is 58.7 Å². The number of ether oxygens (including phenoxy) is 1. The second kappa shape index (κ2) is 10.8. The topological polar surface area (TPSA) is 76.4 Å². The van der Waals surface area contributed by atoms with Gasteiger partial charge in [0.25, 0.3) is 0 Å². The summed E-state index contributed by atoms with van der Waals surface area (Å²) < 4.78 is 22.2. The predicted molar refractivity (Wildman–Crippen MR) is 144 cm³/mol. The maximum Gasteiger partial charge on any atom is 0.356 e. The molecular weight excluding hydrogens is 516 g/mol. The first-order valence-corrected chi connectivity index (χ1v) is 12.4. The van der Waals surface area contributed by atoms with Gasteiger partial charge in [-0.25, -0.2) is 13.9 Å². The number of aromatic carboxylic acids is 1. The number of anilines is 1. The molecule has 9 heteroatoms. The number of hydrogen-bond donors (Lipinski definition) is 2. The number of benzene rings is 3. The number of aromatic nitrogens is 2. The summed E-state index contributed by atoms with van der Waals surface area (Å²) in [5, 5.41) is 18.5. The molecule has 4 aromatic rings. The van der Waals surface area contributed by atoms with Gasteiger partial charge in [0.05, 0.1) is 29.6 Å². The standard InChI is InChI=1S/C28H26Cl2FN3O3/c1-15(2)27-23(26(28(35)36)33-34(27)21-10-5-6-11-22(21)37-4)25(18-13-12-17(29)14-16(18)3)32-20-9-7-8-19(30)24(20)31/h5-15,25,32H,1-4H3,(H,35,36). The Bertz CT molecular complexity index is 1470. The molecular formula is C28H26Cl2FN3O3. The van der Waals surface area contributed by atoms with Crippen molar-refractivity contribution in [3.05, 3.63) is 105 Å². The summed E-state index contributed by atoms with van der Waals surface area (Å²) in [7, 11) is 1.54. The summed E-state index contributed by atoms with van der Waals surface area (Å²) in [6.07, 6.45) is 0. The molecule has 3 aromatic carbocycles. The van der Waals surface area contributed by atoms with Crippen LogP contribution < -0.4 is 10.1 Å². The van der Waals surface area contributed by atoms with Crippen LogP contribution >= 0.6 is 23.2 Å². The molecule has 1 heterocycles. The molecule has 1 atom stereocenters. The van der Waals surface area contributed by atoms with Crippen molar-refractivity contribution >= 4 is 34.9 Å². The van der Waals surface area contributed by atoms with E-state index >= 15 is 4.39 Å². The van der Waals surface area contributed by atoms with Crippen molar-refractivity contribution < 1.29 is 19.0 Å². The summed E-state index contributed by atoms with van der Waals surface area (Å²) in [6, 6.07) is 16.4. The van der Waals surface area contributed by atoms with Crippen molar-refractivity contribution in [2.45, 2.75) is 32.7 Å². The number of methoxy groups -OCH3 is 1. The van der Waals surface area contributed by atoms with Crippen molar-refractivity contribution in [1.82, 2.24) is 9.78 Å². The molecule has 0 radical (unpaired) electrons. The van der Waals surface area contributed by atoms with Gasteiger partial charge in [-0.1, -0.05) is 61.3 Å². The van der Waals surface area contributed by atoms with Crippen LogP contribution in [0.5, 0.6) is 5.75 Å². The number of para-hydroxylation sites is 2. The molecule has 6 nitrogen and oxygen atoms in total. The van der Waals surface area contributed by atoms with Crippen molar-refractivity contribution in [1.29, 1.82) is 0 Å². The van der Waals surface area contributed by atoms with Crippen LogP contribution in [0.4, 0.5) is 10.1 Å². The molecule has 2 N–H and O–H groups in total. The molecule has 0 saturated carbocycles. The van der Waals surface area contributed by atoms with Crippen molar-refractivity contribution in [2.75, 3.05) is 12.4 Å². The number of aryl methyl sites for hydroxylation is 1. The van der Waals surface area contributed by atoms with E-state index < -0.39 is 17.8 Å². The molecule has 0 bridgehead atoms. The molecule has 192 valence electrons. The molecule has 0 aliphatic heterocycles. The zero-order chi connectivity index (χ0) is 26.9. The highest BCUT2D eigenvalue weighted by Gasteiger charge is 2.33. The van der Waals surface area contributed by atoms with Gasteiger partial charge in [0.2, 0.25) is 0 Å². The van der Waals surface area contributed by atoms with Gasteiger partial charge >= 0.3 is 5.97 Å². The van der Waals surface area contributed by atoms with Gasteiger partial charge in [-0.05, 0) is 60.4 Å². The molecule has 1 aromatic heterocycles. The minimum Gasteiger partial charge on any atom is -0.494 e. The highest BCUT2D eigenvalue weighted by Crippen LogP contribution is 2.40. The molecule has 0 aliphatic rings. The van der Waals surface area contributed by atoms with Gasteiger partial charge in [-0.3, -0.25) is 0 Å². The molecule has 4 rings (SSSR count). The Kier molecular flexibility index (Phi) is 7.76. The Morgan fingerprint density at radius 3 is 2.49 bits per heavy atom. The minimum absolute atomic E-state index is 0.0520. The number of nitrogens with one attached hydrogen (secondary N) is 1. The van der Waals surface area contributed by atoms with Crippen LogP contribution in [0.3, 0.4) is 0 Å².